The number of aliphatic hydroxyl groups is 1. The summed E-state index contributed by atoms with van der Waals surface area (Å²) < 4.78 is 3.56. The van der Waals surface area contributed by atoms with Crippen molar-refractivity contribution < 1.29 is 9.90 Å². The molecule has 1 aliphatic rings. The van der Waals surface area contributed by atoms with Gasteiger partial charge in [0.2, 0.25) is 0 Å². The van der Waals surface area contributed by atoms with E-state index in [1.807, 2.05) is 41.3 Å². The Balaban J connectivity index is 1.50. The molecule has 0 unspecified atom stereocenters. The molecule has 9 nitrogen and oxygen atoms in total. The quantitative estimate of drug-likeness (QED) is 0.446. The first-order valence-electron chi connectivity index (χ1n) is 11.6. The lowest BCUT2D eigenvalue weighted by molar-refractivity contribution is -0.141. The number of carbonyl (C=O) groups is 1. The molecule has 0 aliphatic carbocycles. The van der Waals surface area contributed by atoms with Crippen molar-refractivity contribution in [1.82, 2.24) is 24.3 Å². The number of rotatable bonds is 5. The zero-order valence-corrected chi connectivity index (χ0v) is 20.4. The highest BCUT2D eigenvalue weighted by Crippen LogP contribution is 2.37. The zero-order valence-electron chi connectivity index (χ0n) is 19.6. The van der Waals surface area contributed by atoms with E-state index in [1.165, 1.54) is 18.7 Å². The van der Waals surface area contributed by atoms with Gasteiger partial charge in [0.15, 0.2) is 0 Å². The number of carbonyl (C=O) groups excluding carboxylic acids is 1. The van der Waals surface area contributed by atoms with Gasteiger partial charge in [-0.3, -0.25) is 9.48 Å². The second-order valence-corrected chi connectivity index (χ2v) is 9.82. The third-order valence-corrected chi connectivity index (χ3v) is 7.41. The van der Waals surface area contributed by atoms with Gasteiger partial charge in [-0.05, 0) is 38.0 Å². The lowest BCUT2D eigenvalue weighted by Gasteiger charge is -2.33. The van der Waals surface area contributed by atoms with E-state index in [0.717, 1.165) is 33.8 Å². The van der Waals surface area contributed by atoms with Crippen molar-refractivity contribution in [3.63, 3.8) is 0 Å². The molecular weight excluding hydrogens is 474 g/mol. The van der Waals surface area contributed by atoms with Crippen LogP contribution >= 0.6 is 11.8 Å². The van der Waals surface area contributed by atoms with Crippen molar-refractivity contribution in [2.75, 3.05) is 13.1 Å². The lowest BCUT2D eigenvalue weighted by atomic mass is 10.1. The second-order valence-electron chi connectivity index (χ2n) is 8.73. The third-order valence-electron chi connectivity index (χ3n) is 6.30. The summed E-state index contributed by atoms with van der Waals surface area (Å²) >= 11 is 1.42. The molecule has 1 aliphatic heterocycles. The van der Waals surface area contributed by atoms with E-state index in [2.05, 4.69) is 22.3 Å². The Labute approximate surface area is 212 Å². The summed E-state index contributed by atoms with van der Waals surface area (Å²) in [6.45, 7) is 2.63. The van der Waals surface area contributed by atoms with Gasteiger partial charge in [0.05, 0.1) is 35.1 Å². The highest BCUT2D eigenvalue weighted by atomic mass is 32.2. The van der Waals surface area contributed by atoms with E-state index in [0.29, 0.717) is 29.7 Å². The van der Waals surface area contributed by atoms with E-state index >= 15 is 0 Å². The molecule has 10 heteroatoms. The molecule has 1 N–H and O–H groups in total. The summed E-state index contributed by atoms with van der Waals surface area (Å²) in [5.41, 5.74) is 3.45. The fourth-order valence-electron chi connectivity index (χ4n) is 4.49. The van der Waals surface area contributed by atoms with E-state index in [9.17, 15) is 20.4 Å². The summed E-state index contributed by atoms with van der Waals surface area (Å²) in [6, 6.07) is 13.8. The minimum atomic E-state index is -1.02. The molecule has 0 radical (unpaired) electrons. The number of benzene rings is 1. The number of amides is 1. The Morgan fingerprint density at radius 3 is 2.69 bits per heavy atom. The van der Waals surface area contributed by atoms with Gasteiger partial charge in [0, 0.05) is 46.4 Å². The van der Waals surface area contributed by atoms with Gasteiger partial charge < -0.3 is 10.0 Å². The molecule has 5 rings (SSSR count). The summed E-state index contributed by atoms with van der Waals surface area (Å²) in [4.78, 5) is 15.6. The molecule has 36 heavy (non-hydrogen) atoms. The maximum atomic E-state index is 12.3. The molecule has 1 saturated heterocycles. The van der Waals surface area contributed by atoms with Crippen LogP contribution in [0.1, 0.15) is 36.9 Å². The predicted octanol–water partition coefficient (Wildman–Crippen LogP) is 3.64. The molecule has 1 amide bonds. The Hall–Kier alpha value is -4.12. The topological polar surface area (TPSA) is 123 Å². The van der Waals surface area contributed by atoms with Crippen molar-refractivity contribution >= 4 is 23.2 Å². The number of hydrogen-bond acceptors (Lipinski definition) is 7. The summed E-state index contributed by atoms with van der Waals surface area (Å²) in [7, 11) is 0. The van der Waals surface area contributed by atoms with Gasteiger partial charge in [-0.2, -0.15) is 20.7 Å². The maximum absolute atomic E-state index is 12.3. The van der Waals surface area contributed by atoms with E-state index < -0.39 is 6.10 Å². The number of pyridine rings is 1. The highest BCUT2D eigenvalue weighted by Gasteiger charge is 2.27. The average molecular weight is 498 g/mol. The van der Waals surface area contributed by atoms with Gasteiger partial charge in [-0.15, -0.1) is 0 Å². The number of likely N-dealkylation sites (tertiary alicyclic amines) is 1. The first kappa shape index (κ1) is 23.6. The van der Waals surface area contributed by atoms with Crippen molar-refractivity contribution in [3.05, 3.63) is 66.2 Å². The van der Waals surface area contributed by atoms with E-state index in [4.69, 9.17) is 0 Å². The van der Waals surface area contributed by atoms with Crippen LogP contribution in [0.2, 0.25) is 0 Å². The Kier molecular flexibility index (Phi) is 6.47. The van der Waals surface area contributed by atoms with Crippen LogP contribution in [0.15, 0.2) is 64.9 Å². The third kappa shape index (κ3) is 4.44. The normalized spacial score (nSPS) is 16.4. The van der Waals surface area contributed by atoms with Crippen molar-refractivity contribution in [1.29, 1.82) is 10.5 Å². The smallest absolute Gasteiger partial charge is 0.251 e. The van der Waals surface area contributed by atoms with Crippen molar-refractivity contribution in [2.45, 2.75) is 41.7 Å². The first-order valence-corrected chi connectivity index (χ1v) is 12.4. The van der Waals surface area contributed by atoms with Crippen LogP contribution in [-0.2, 0) is 4.79 Å². The summed E-state index contributed by atoms with van der Waals surface area (Å²) in [5.74, 6) is -0.260. The SMILES string of the molecule is C[C@@H](O)C(=O)N1CCC[C@@H](n2cc(-c3cc(Sc4ccccc4C#N)c4c(C#N)cnn4c3)cn2)C1. The number of nitriles is 2. The average Bonchev–Trinajstić information content (AvgIpc) is 3.56. The maximum Gasteiger partial charge on any atom is 0.251 e. The highest BCUT2D eigenvalue weighted by molar-refractivity contribution is 7.99. The van der Waals surface area contributed by atoms with Gasteiger partial charge in [0.1, 0.15) is 18.2 Å². The van der Waals surface area contributed by atoms with Crippen molar-refractivity contribution in [3.8, 4) is 23.3 Å². The van der Waals surface area contributed by atoms with Crippen LogP contribution in [0.25, 0.3) is 16.6 Å². The van der Waals surface area contributed by atoms with Crippen LogP contribution in [0.5, 0.6) is 0 Å². The minimum Gasteiger partial charge on any atom is -0.384 e. The Bertz CT molecular complexity index is 1530. The Morgan fingerprint density at radius 1 is 1.11 bits per heavy atom. The summed E-state index contributed by atoms with van der Waals surface area (Å²) in [6.07, 6.45) is 7.85. The number of hydrogen-bond donors (Lipinski definition) is 1. The number of aliphatic hydroxyl groups excluding tert-OH is 1. The number of nitrogens with zero attached hydrogens (tertiary/aromatic N) is 7. The fraction of sp³-hybridized carbons (Fsp3) is 0.269. The van der Waals surface area contributed by atoms with Crippen LogP contribution in [-0.4, -0.2) is 54.5 Å². The number of piperidine rings is 1. The van der Waals surface area contributed by atoms with Crippen LogP contribution in [0.4, 0.5) is 0 Å². The Morgan fingerprint density at radius 2 is 1.92 bits per heavy atom. The minimum absolute atomic E-state index is 0.0187. The monoisotopic (exact) mass is 497 g/mol. The molecule has 0 bridgehead atoms. The first-order chi connectivity index (χ1) is 17.5. The zero-order chi connectivity index (χ0) is 25.2. The molecule has 1 aromatic carbocycles. The number of fused-ring (bicyclic) bond motifs is 1. The molecule has 1 fully saturated rings. The standard InChI is InChI=1S/C26H23N7O2S/c1-17(34)26(35)31-8-4-6-22(16-31)32-15-21(13-29-32)19-9-24(25-20(11-28)12-30-33(25)14-19)36-23-7-3-2-5-18(23)10-27/h2-3,5,7,9,12-15,17,22,34H,4,6,8,16H2,1H3/t17-,22-/m1/s1. The molecule has 180 valence electrons. The fourth-order valence-corrected chi connectivity index (χ4v) is 5.58. The molecule has 0 spiro atoms. The van der Waals surface area contributed by atoms with E-state index in [-0.39, 0.29) is 11.9 Å². The largest absolute Gasteiger partial charge is 0.384 e. The summed E-state index contributed by atoms with van der Waals surface area (Å²) in [5, 5.41) is 37.8. The molecule has 4 heterocycles. The van der Waals surface area contributed by atoms with Gasteiger partial charge >= 0.3 is 0 Å². The molecule has 2 atom stereocenters. The van der Waals surface area contributed by atoms with E-state index in [1.54, 1.807) is 27.9 Å². The van der Waals surface area contributed by atoms with Crippen LogP contribution in [0.3, 0.4) is 0 Å². The molecule has 3 aromatic heterocycles. The number of aromatic nitrogens is 4. The van der Waals surface area contributed by atoms with Crippen LogP contribution in [0, 0.1) is 22.7 Å². The lowest BCUT2D eigenvalue weighted by Crippen LogP contribution is -2.44. The van der Waals surface area contributed by atoms with Crippen molar-refractivity contribution in [2.24, 2.45) is 0 Å². The second kappa shape index (κ2) is 9.86. The molecule has 4 aromatic rings. The van der Waals surface area contributed by atoms with Gasteiger partial charge in [-0.25, -0.2) is 4.52 Å². The predicted molar refractivity (Wildman–Crippen MR) is 133 cm³/mol. The van der Waals surface area contributed by atoms with Gasteiger partial charge in [0.25, 0.3) is 5.91 Å². The van der Waals surface area contributed by atoms with Gasteiger partial charge in [-0.1, -0.05) is 23.9 Å². The molecule has 0 saturated carbocycles. The molecular formula is C26H23N7O2S. The van der Waals surface area contributed by atoms with Crippen LogP contribution < -0.4 is 0 Å².